The molecular formula is C16H28N2O3. The zero-order valence-electron chi connectivity index (χ0n) is 13.3. The zero-order valence-corrected chi connectivity index (χ0v) is 13.3. The molecule has 3 rings (SSSR count). The second-order valence-corrected chi connectivity index (χ2v) is 6.84. The second-order valence-electron chi connectivity index (χ2n) is 6.84. The molecule has 3 atom stereocenters. The molecule has 2 amide bonds. The normalized spacial score (nSPS) is 34.8. The lowest BCUT2D eigenvalue weighted by molar-refractivity contribution is -0.189. The molecule has 5 heteroatoms. The Morgan fingerprint density at radius 1 is 1.38 bits per heavy atom. The fraction of sp³-hybridized carbons (Fsp3) is 0.938. The summed E-state index contributed by atoms with van der Waals surface area (Å²) in [6, 6.07) is 0.511. The minimum Gasteiger partial charge on any atom is -0.347 e. The van der Waals surface area contributed by atoms with E-state index in [9.17, 15) is 4.79 Å². The van der Waals surface area contributed by atoms with Crippen molar-refractivity contribution in [2.75, 3.05) is 26.3 Å². The third-order valence-corrected chi connectivity index (χ3v) is 5.20. The zero-order chi connectivity index (χ0) is 14.9. The quantitative estimate of drug-likeness (QED) is 0.866. The van der Waals surface area contributed by atoms with Gasteiger partial charge >= 0.3 is 6.03 Å². The summed E-state index contributed by atoms with van der Waals surface area (Å²) in [5, 5.41) is 3.19. The monoisotopic (exact) mass is 296 g/mol. The van der Waals surface area contributed by atoms with Gasteiger partial charge in [0.05, 0.1) is 13.2 Å². The predicted octanol–water partition coefficient (Wildman–Crippen LogP) is 2.36. The summed E-state index contributed by atoms with van der Waals surface area (Å²) in [5.41, 5.74) is 0. The number of likely N-dealkylation sites (tertiary alicyclic amines) is 1. The summed E-state index contributed by atoms with van der Waals surface area (Å²) >= 11 is 0. The SMILES string of the molecule is CCCC1CC1NC(=O)N1CCCC(C2(C)OCCO2)C1. The lowest BCUT2D eigenvalue weighted by Crippen LogP contribution is -2.51. The minimum absolute atomic E-state index is 0.102. The number of nitrogens with one attached hydrogen (secondary N) is 1. The van der Waals surface area contributed by atoms with Crippen LogP contribution < -0.4 is 5.32 Å². The molecular weight excluding hydrogens is 268 g/mol. The predicted molar refractivity (Wildman–Crippen MR) is 79.9 cm³/mol. The highest BCUT2D eigenvalue weighted by molar-refractivity contribution is 5.75. The molecule has 3 unspecified atom stereocenters. The summed E-state index contributed by atoms with van der Waals surface area (Å²) < 4.78 is 11.5. The van der Waals surface area contributed by atoms with E-state index in [0.29, 0.717) is 25.2 Å². The molecule has 3 fully saturated rings. The number of hydrogen-bond acceptors (Lipinski definition) is 3. The first-order valence-electron chi connectivity index (χ1n) is 8.45. The van der Waals surface area contributed by atoms with Crippen molar-refractivity contribution >= 4 is 6.03 Å². The van der Waals surface area contributed by atoms with Gasteiger partial charge in [0.25, 0.3) is 0 Å². The molecule has 21 heavy (non-hydrogen) atoms. The van der Waals surface area contributed by atoms with E-state index in [1.807, 2.05) is 11.8 Å². The maximum Gasteiger partial charge on any atom is 0.317 e. The molecule has 2 heterocycles. The smallest absolute Gasteiger partial charge is 0.317 e. The van der Waals surface area contributed by atoms with E-state index in [0.717, 1.165) is 32.4 Å². The van der Waals surface area contributed by atoms with E-state index in [1.54, 1.807) is 0 Å². The summed E-state index contributed by atoms with van der Waals surface area (Å²) in [6.45, 7) is 7.15. The molecule has 5 nitrogen and oxygen atoms in total. The van der Waals surface area contributed by atoms with Crippen molar-refractivity contribution in [2.24, 2.45) is 11.8 Å². The van der Waals surface area contributed by atoms with Crippen molar-refractivity contribution in [2.45, 2.75) is 57.8 Å². The third-order valence-electron chi connectivity index (χ3n) is 5.20. The van der Waals surface area contributed by atoms with Crippen LogP contribution in [0.5, 0.6) is 0 Å². The number of amides is 2. The molecule has 3 aliphatic rings. The summed E-state index contributed by atoms with van der Waals surface area (Å²) in [5.74, 6) is 0.493. The van der Waals surface area contributed by atoms with Crippen LogP contribution in [0.3, 0.4) is 0 Å². The van der Waals surface area contributed by atoms with E-state index in [2.05, 4.69) is 12.2 Å². The molecule has 1 saturated carbocycles. The number of carbonyl (C=O) groups excluding carboxylic acids is 1. The number of urea groups is 1. The van der Waals surface area contributed by atoms with Crippen LogP contribution in [-0.2, 0) is 9.47 Å². The van der Waals surface area contributed by atoms with E-state index in [1.165, 1.54) is 12.8 Å². The lowest BCUT2D eigenvalue weighted by Gasteiger charge is -2.39. The minimum atomic E-state index is -0.497. The van der Waals surface area contributed by atoms with Crippen molar-refractivity contribution < 1.29 is 14.3 Å². The first-order chi connectivity index (χ1) is 10.1. The van der Waals surface area contributed by atoms with Crippen LogP contribution in [0.25, 0.3) is 0 Å². The fourth-order valence-corrected chi connectivity index (χ4v) is 3.72. The Morgan fingerprint density at radius 3 is 2.86 bits per heavy atom. The Morgan fingerprint density at radius 2 is 2.14 bits per heavy atom. The molecule has 120 valence electrons. The Balaban J connectivity index is 1.50. The van der Waals surface area contributed by atoms with Gasteiger partial charge in [0.1, 0.15) is 0 Å². The number of piperidine rings is 1. The van der Waals surface area contributed by atoms with Gasteiger partial charge in [0.15, 0.2) is 5.79 Å². The van der Waals surface area contributed by atoms with Gasteiger partial charge in [-0.15, -0.1) is 0 Å². The van der Waals surface area contributed by atoms with Crippen molar-refractivity contribution in [3.05, 3.63) is 0 Å². The lowest BCUT2D eigenvalue weighted by atomic mass is 9.90. The molecule has 2 aliphatic heterocycles. The Kier molecular flexibility index (Phi) is 4.41. The van der Waals surface area contributed by atoms with Crippen LogP contribution >= 0.6 is 0 Å². The van der Waals surface area contributed by atoms with E-state index in [4.69, 9.17) is 9.47 Å². The highest BCUT2D eigenvalue weighted by atomic mass is 16.7. The van der Waals surface area contributed by atoms with Crippen LogP contribution in [0.15, 0.2) is 0 Å². The molecule has 1 aliphatic carbocycles. The number of rotatable bonds is 4. The van der Waals surface area contributed by atoms with Crippen LogP contribution in [0.4, 0.5) is 4.79 Å². The average Bonchev–Trinajstić information content (AvgIpc) is 3.05. The Bertz CT molecular complexity index is 382. The van der Waals surface area contributed by atoms with E-state index < -0.39 is 5.79 Å². The van der Waals surface area contributed by atoms with Crippen molar-refractivity contribution in [3.63, 3.8) is 0 Å². The molecule has 0 aromatic carbocycles. The van der Waals surface area contributed by atoms with Crippen molar-refractivity contribution in [1.82, 2.24) is 10.2 Å². The maximum absolute atomic E-state index is 12.4. The van der Waals surface area contributed by atoms with Gasteiger partial charge in [-0.05, 0) is 38.5 Å². The fourth-order valence-electron chi connectivity index (χ4n) is 3.72. The number of nitrogens with zero attached hydrogens (tertiary/aromatic N) is 1. The van der Waals surface area contributed by atoms with E-state index in [-0.39, 0.29) is 11.9 Å². The topological polar surface area (TPSA) is 50.8 Å². The number of hydrogen-bond donors (Lipinski definition) is 1. The third kappa shape index (κ3) is 3.34. The van der Waals surface area contributed by atoms with Gasteiger partial charge in [-0.2, -0.15) is 0 Å². The van der Waals surface area contributed by atoms with Gasteiger partial charge in [-0.3, -0.25) is 0 Å². The number of carbonyl (C=O) groups is 1. The van der Waals surface area contributed by atoms with Crippen LogP contribution in [-0.4, -0.2) is 49.1 Å². The van der Waals surface area contributed by atoms with Gasteiger partial charge in [-0.1, -0.05) is 13.3 Å². The van der Waals surface area contributed by atoms with Gasteiger partial charge in [0.2, 0.25) is 0 Å². The standard InChI is InChI=1S/C16H28N2O3/c1-3-5-12-10-14(12)17-15(19)18-7-4-6-13(11-18)16(2)20-8-9-21-16/h12-14H,3-11H2,1-2H3,(H,17,19). The molecule has 0 bridgehead atoms. The largest absolute Gasteiger partial charge is 0.347 e. The van der Waals surface area contributed by atoms with Crippen LogP contribution in [0.1, 0.15) is 46.0 Å². The van der Waals surface area contributed by atoms with E-state index >= 15 is 0 Å². The Hall–Kier alpha value is -0.810. The highest BCUT2D eigenvalue weighted by Crippen LogP contribution is 2.36. The number of ether oxygens (including phenoxy) is 2. The average molecular weight is 296 g/mol. The first-order valence-corrected chi connectivity index (χ1v) is 8.45. The molecule has 1 N–H and O–H groups in total. The molecule has 2 saturated heterocycles. The van der Waals surface area contributed by atoms with Crippen LogP contribution in [0.2, 0.25) is 0 Å². The van der Waals surface area contributed by atoms with Gasteiger partial charge in [-0.25, -0.2) is 4.79 Å². The van der Waals surface area contributed by atoms with Gasteiger partial charge in [0, 0.05) is 25.0 Å². The van der Waals surface area contributed by atoms with Crippen LogP contribution in [0, 0.1) is 11.8 Å². The maximum atomic E-state index is 12.4. The molecule has 0 aromatic rings. The highest BCUT2D eigenvalue weighted by Gasteiger charge is 2.43. The van der Waals surface area contributed by atoms with Crippen molar-refractivity contribution in [1.29, 1.82) is 0 Å². The summed E-state index contributed by atoms with van der Waals surface area (Å²) in [4.78, 5) is 14.3. The van der Waals surface area contributed by atoms with Gasteiger partial charge < -0.3 is 19.7 Å². The molecule has 0 spiro atoms. The summed E-state index contributed by atoms with van der Waals surface area (Å²) in [7, 11) is 0. The molecule has 0 aromatic heterocycles. The first kappa shape index (κ1) is 15.1. The summed E-state index contributed by atoms with van der Waals surface area (Å²) in [6.07, 6.45) is 5.69. The molecule has 0 radical (unpaired) electrons. The second kappa shape index (κ2) is 6.13. The Labute approximate surface area is 127 Å². The van der Waals surface area contributed by atoms with Crippen molar-refractivity contribution in [3.8, 4) is 0 Å².